The second-order valence-corrected chi connectivity index (χ2v) is 4.08. The van der Waals surface area contributed by atoms with Gasteiger partial charge in [-0.1, -0.05) is 19.1 Å². The minimum Gasteiger partial charge on any atom is -0.481 e. The number of nitrogens with zero attached hydrogens (tertiary/aromatic N) is 1. The molecule has 0 saturated heterocycles. The second kappa shape index (κ2) is 6.58. The van der Waals surface area contributed by atoms with Gasteiger partial charge in [-0.25, -0.2) is 0 Å². The summed E-state index contributed by atoms with van der Waals surface area (Å²) in [6, 6.07) is 6.39. The van der Waals surface area contributed by atoms with Crippen LogP contribution in [0, 0.1) is 16.0 Å². The number of nitro benzene ring substituents is 1. The highest BCUT2D eigenvalue weighted by molar-refractivity contribution is 5.69. The highest BCUT2D eigenvalue weighted by Crippen LogP contribution is 2.23. The van der Waals surface area contributed by atoms with Crippen LogP contribution < -0.4 is 5.32 Å². The van der Waals surface area contributed by atoms with E-state index in [2.05, 4.69) is 5.32 Å². The summed E-state index contributed by atoms with van der Waals surface area (Å²) < 4.78 is 0. The highest BCUT2D eigenvalue weighted by Gasteiger charge is 2.12. The number of hydrogen-bond acceptors (Lipinski definition) is 4. The Labute approximate surface area is 105 Å². The van der Waals surface area contributed by atoms with E-state index >= 15 is 0 Å². The highest BCUT2D eigenvalue weighted by atomic mass is 16.6. The molecule has 0 bridgehead atoms. The van der Waals surface area contributed by atoms with Crippen molar-refractivity contribution in [3.8, 4) is 0 Å². The molecule has 0 aliphatic rings. The Bertz CT molecular complexity index is 434. The molecule has 18 heavy (non-hydrogen) atoms. The van der Waals surface area contributed by atoms with Crippen LogP contribution in [0.25, 0.3) is 0 Å². The van der Waals surface area contributed by atoms with Gasteiger partial charge >= 0.3 is 5.97 Å². The molecule has 6 nitrogen and oxygen atoms in total. The summed E-state index contributed by atoms with van der Waals surface area (Å²) in [6.07, 6.45) is 1.20. The van der Waals surface area contributed by atoms with E-state index in [1.165, 1.54) is 6.07 Å². The average molecular weight is 252 g/mol. The van der Waals surface area contributed by atoms with Gasteiger partial charge in [0, 0.05) is 12.6 Å². The van der Waals surface area contributed by atoms with Crippen LogP contribution in [-0.4, -0.2) is 22.5 Å². The van der Waals surface area contributed by atoms with E-state index in [9.17, 15) is 14.9 Å². The zero-order valence-electron chi connectivity index (χ0n) is 10.1. The van der Waals surface area contributed by atoms with Crippen molar-refractivity contribution in [1.82, 2.24) is 0 Å². The monoisotopic (exact) mass is 252 g/mol. The maximum atomic E-state index is 10.7. The summed E-state index contributed by atoms with van der Waals surface area (Å²) in [5.41, 5.74) is 0.495. The normalized spacial score (nSPS) is 11.8. The van der Waals surface area contributed by atoms with Gasteiger partial charge in [-0.2, -0.15) is 0 Å². The lowest BCUT2D eigenvalue weighted by molar-refractivity contribution is -0.384. The molecule has 1 aromatic rings. The summed E-state index contributed by atoms with van der Waals surface area (Å²) in [7, 11) is 0. The van der Waals surface area contributed by atoms with Gasteiger partial charge in [-0.05, 0) is 18.9 Å². The third-order valence-corrected chi connectivity index (χ3v) is 2.65. The molecule has 0 radical (unpaired) electrons. The first kappa shape index (κ1) is 14.0. The van der Waals surface area contributed by atoms with Crippen LogP contribution in [0.15, 0.2) is 24.3 Å². The second-order valence-electron chi connectivity index (χ2n) is 4.08. The van der Waals surface area contributed by atoms with Crippen molar-refractivity contribution in [2.45, 2.75) is 19.8 Å². The Morgan fingerprint density at radius 2 is 2.17 bits per heavy atom. The summed E-state index contributed by atoms with van der Waals surface area (Å²) >= 11 is 0. The molecule has 0 saturated carbocycles. The van der Waals surface area contributed by atoms with Crippen LogP contribution in [0.2, 0.25) is 0 Å². The van der Waals surface area contributed by atoms with Crippen LogP contribution in [0.3, 0.4) is 0 Å². The van der Waals surface area contributed by atoms with E-state index in [0.29, 0.717) is 25.1 Å². The van der Waals surface area contributed by atoms with Gasteiger partial charge in [-0.3, -0.25) is 14.9 Å². The molecule has 0 aliphatic carbocycles. The number of hydrogen-bond donors (Lipinski definition) is 2. The molecular formula is C12H16N2O4. The van der Waals surface area contributed by atoms with E-state index in [0.717, 1.165) is 0 Å². The average Bonchev–Trinajstić information content (AvgIpc) is 2.34. The summed E-state index contributed by atoms with van der Waals surface area (Å²) in [4.78, 5) is 20.9. The van der Waals surface area contributed by atoms with Gasteiger partial charge in [0.1, 0.15) is 5.69 Å². The first-order valence-corrected chi connectivity index (χ1v) is 5.72. The SMILES string of the molecule is CC(CCCNc1ccccc1[N+](=O)[O-])C(=O)O. The minimum atomic E-state index is -0.819. The Morgan fingerprint density at radius 3 is 2.78 bits per heavy atom. The Kier molecular flexibility index (Phi) is 5.10. The van der Waals surface area contributed by atoms with Crippen molar-refractivity contribution in [3.05, 3.63) is 34.4 Å². The molecule has 0 aliphatic heterocycles. The number of nitro groups is 1. The Morgan fingerprint density at radius 1 is 1.50 bits per heavy atom. The lowest BCUT2D eigenvalue weighted by Crippen LogP contribution is -2.12. The standard InChI is InChI=1S/C12H16N2O4/c1-9(12(15)16)5-4-8-13-10-6-2-3-7-11(10)14(17)18/h2-3,6-7,9,13H,4-5,8H2,1H3,(H,15,16). The molecule has 0 amide bonds. The number of carboxylic acids is 1. The van der Waals surface area contributed by atoms with Crippen LogP contribution in [0.5, 0.6) is 0 Å². The predicted molar refractivity (Wildman–Crippen MR) is 67.6 cm³/mol. The fourth-order valence-electron chi connectivity index (χ4n) is 1.54. The molecule has 1 atom stereocenters. The minimum absolute atomic E-state index is 0.0313. The summed E-state index contributed by atoms with van der Waals surface area (Å²) in [5, 5.41) is 22.4. The van der Waals surface area contributed by atoms with Crippen molar-refractivity contribution < 1.29 is 14.8 Å². The molecule has 0 aromatic heterocycles. The molecule has 0 heterocycles. The van der Waals surface area contributed by atoms with Crippen molar-refractivity contribution in [3.63, 3.8) is 0 Å². The van der Waals surface area contributed by atoms with Crippen LogP contribution in [0.4, 0.5) is 11.4 Å². The number of carboxylic acid groups (broad SMARTS) is 1. The van der Waals surface area contributed by atoms with E-state index in [-0.39, 0.29) is 5.69 Å². The van der Waals surface area contributed by atoms with Gasteiger partial charge in [0.15, 0.2) is 0 Å². The van der Waals surface area contributed by atoms with Crippen molar-refractivity contribution in [2.24, 2.45) is 5.92 Å². The fourth-order valence-corrected chi connectivity index (χ4v) is 1.54. The Balaban J connectivity index is 2.45. The Hall–Kier alpha value is -2.11. The molecule has 98 valence electrons. The molecule has 1 rings (SSSR count). The van der Waals surface area contributed by atoms with Gasteiger partial charge in [0.25, 0.3) is 5.69 Å². The number of para-hydroxylation sites is 2. The first-order valence-electron chi connectivity index (χ1n) is 5.72. The molecule has 1 aromatic carbocycles. The van der Waals surface area contributed by atoms with Gasteiger partial charge in [0.2, 0.25) is 0 Å². The van der Waals surface area contributed by atoms with Gasteiger partial charge in [0.05, 0.1) is 10.8 Å². The van der Waals surface area contributed by atoms with Crippen LogP contribution in [0.1, 0.15) is 19.8 Å². The molecule has 0 spiro atoms. The number of rotatable bonds is 7. The van der Waals surface area contributed by atoms with Crippen molar-refractivity contribution in [1.29, 1.82) is 0 Å². The smallest absolute Gasteiger partial charge is 0.306 e. The maximum Gasteiger partial charge on any atom is 0.306 e. The topological polar surface area (TPSA) is 92.5 Å². The van der Waals surface area contributed by atoms with Crippen LogP contribution >= 0.6 is 0 Å². The number of nitrogens with one attached hydrogen (secondary N) is 1. The summed E-state index contributed by atoms with van der Waals surface area (Å²) in [6.45, 7) is 2.16. The number of anilines is 1. The van der Waals surface area contributed by atoms with Gasteiger partial charge in [-0.15, -0.1) is 0 Å². The van der Waals surface area contributed by atoms with E-state index < -0.39 is 16.8 Å². The van der Waals surface area contributed by atoms with Crippen LogP contribution in [-0.2, 0) is 4.79 Å². The third-order valence-electron chi connectivity index (χ3n) is 2.65. The molecular weight excluding hydrogens is 236 g/mol. The molecule has 6 heteroatoms. The largest absolute Gasteiger partial charge is 0.481 e. The molecule has 2 N–H and O–H groups in total. The lowest BCUT2D eigenvalue weighted by atomic mass is 10.1. The third kappa shape index (κ3) is 4.04. The summed E-state index contributed by atoms with van der Waals surface area (Å²) in [5.74, 6) is -1.21. The number of carbonyl (C=O) groups is 1. The number of aliphatic carboxylic acids is 1. The first-order chi connectivity index (χ1) is 8.52. The quantitative estimate of drug-likeness (QED) is 0.442. The maximum absolute atomic E-state index is 10.7. The van der Waals surface area contributed by atoms with E-state index in [1.54, 1.807) is 25.1 Å². The van der Waals surface area contributed by atoms with Gasteiger partial charge < -0.3 is 10.4 Å². The number of benzene rings is 1. The molecule has 0 fully saturated rings. The lowest BCUT2D eigenvalue weighted by Gasteiger charge is -2.08. The predicted octanol–water partition coefficient (Wildman–Crippen LogP) is 2.51. The van der Waals surface area contributed by atoms with E-state index in [4.69, 9.17) is 5.11 Å². The zero-order chi connectivity index (χ0) is 13.5. The molecule has 1 unspecified atom stereocenters. The van der Waals surface area contributed by atoms with Crippen molar-refractivity contribution >= 4 is 17.3 Å². The fraction of sp³-hybridized carbons (Fsp3) is 0.417. The van der Waals surface area contributed by atoms with Crippen molar-refractivity contribution in [2.75, 3.05) is 11.9 Å². The zero-order valence-corrected chi connectivity index (χ0v) is 10.1. The van der Waals surface area contributed by atoms with E-state index in [1.807, 2.05) is 0 Å².